The number of hydrogen-bond donors (Lipinski definition) is 2. The molecule has 1 aromatic carbocycles. The third-order valence-electron chi connectivity index (χ3n) is 2.85. The quantitative estimate of drug-likeness (QED) is 0.867. The van der Waals surface area contributed by atoms with Crippen LogP contribution in [-0.2, 0) is 6.54 Å². The molecule has 96 valence electrons. The van der Waals surface area contributed by atoms with E-state index in [1.807, 2.05) is 32.0 Å². The first-order valence-corrected chi connectivity index (χ1v) is 5.67. The summed E-state index contributed by atoms with van der Waals surface area (Å²) in [5.74, 6) is 0.577. The number of aromatic hydroxyl groups is 1. The van der Waals surface area contributed by atoms with Gasteiger partial charge in [-0.3, -0.25) is 0 Å². The van der Waals surface area contributed by atoms with E-state index in [9.17, 15) is 5.11 Å². The molecular formula is C13H17N3O2. The molecule has 0 fully saturated rings. The highest BCUT2D eigenvalue weighted by atomic mass is 16.5. The average Bonchev–Trinajstić information content (AvgIpc) is 2.70. The molecule has 2 rings (SSSR count). The zero-order valence-electron chi connectivity index (χ0n) is 10.8. The molecule has 0 spiro atoms. The number of rotatable bonds is 3. The van der Waals surface area contributed by atoms with Crippen molar-refractivity contribution in [2.24, 2.45) is 0 Å². The van der Waals surface area contributed by atoms with E-state index in [1.165, 1.54) is 0 Å². The highest BCUT2D eigenvalue weighted by Gasteiger charge is 2.14. The molecule has 5 nitrogen and oxygen atoms in total. The molecule has 0 saturated carbocycles. The van der Waals surface area contributed by atoms with Crippen LogP contribution in [0.2, 0.25) is 0 Å². The minimum Gasteiger partial charge on any atom is -0.508 e. The second kappa shape index (κ2) is 4.70. The minimum absolute atomic E-state index is 0.284. The van der Waals surface area contributed by atoms with Gasteiger partial charge in [-0.05, 0) is 38.7 Å². The Hall–Kier alpha value is -2.01. The minimum atomic E-state index is 0.284. The van der Waals surface area contributed by atoms with Gasteiger partial charge >= 0.3 is 0 Å². The summed E-state index contributed by atoms with van der Waals surface area (Å²) in [6.45, 7) is 2.62. The van der Waals surface area contributed by atoms with Crippen molar-refractivity contribution in [2.45, 2.75) is 13.5 Å². The zero-order valence-corrected chi connectivity index (χ0v) is 10.8. The Morgan fingerprint density at radius 3 is 2.67 bits per heavy atom. The number of benzene rings is 1. The first kappa shape index (κ1) is 12.4. The summed E-state index contributed by atoms with van der Waals surface area (Å²) in [5.41, 5.74) is 9.01. The summed E-state index contributed by atoms with van der Waals surface area (Å²) in [6, 6.07) is 5.17. The molecule has 0 atom stereocenters. The topological polar surface area (TPSA) is 75.5 Å². The molecule has 5 heteroatoms. The summed E-state index contributed by atoms with van der Waals surface area (Å²) >= 11 is 0. The lowest BCUT2D eigenvalue weighted by atomic mass is 9.99. The van der Waals surface area contributed by atoms with E-state index >= 15 is 0 Å². The third kappa shape index (κ3) is 2.31. The van der Waals surface area contributed by atoms with Gasteiger partial charge in [0.2, 0.25) is 5.88 Å². The zero-order chi connectivity index (χ0) is 13.3. The molecule has 18 heavy (non-hydrogen) atoms. The van der Waals surface area contributed by atoms with Crippen LogP contribution in [0.5, 0.6) is 5.75 Å². The van der Waals surface area contributed by atoms with Gasteiger partial charge in [-0.15, -0.1) is 0 Å². The van der Waals surface area contributed by atoms with Crippen molar-refractivity contribution in [3.8, 4) is 17.0 Å². The van der Waals surface area contributed by atoms with Crippen LogP contribution >= 0.6 is 0 Å². The molecule has 0 radical (unpaired) electrons. The smallest absolute Gasteiger partial charge is 0.222 e. The van der Waals surface area contributed by atoms with Crippen LogP contribution in [0.1, 0.15) is 11.1 Å². The SMILES string of the molecule is Cc1c(-c2cc(N)on2)ccc(O)c1CN(C)C. The van der Waals surface area contributed by atoms with Crippen molar-refractivity contribution in [3.05, 3.63) is 29.3 Å². The Bertz CT molecular complexity index is 561. The monoisotopic (exact) mass is 247 g/mol. The van der Waals surface area contributed by atoms with E-state index in [2.05, 4.69) is 5.16 Å². The summed E-state index contributed by atoms with van der Waals surface area (Å²) in [7, 11) is 3.92. The fourth-order valence-corrected chi connectivity index (χ4v) is 1.95. The van der Waals surface area contributed by atoms with Crippen molar-refractivity contribution >= 4 is 5.88 Å². The number of nitrogens with two attached hydrogens (primary N) is 1. The fraction of sp³-hybridized carbons (Fsp3) is 0.308. The normalized spacial score (nSPS) is 11.1. The van der Waals surface area contributed by atoms with Crippen LogP contribution in [0.4, 0.5) is 5.88 Å². The second-order valence-electron chi connectivity index (χ2n) is 4.59. The van der Waals surface area contributed by atoms with Crippen molar-refractivity contribution < 1.29 is 9.63 Å². The third-order valence-corrected chi connectivity index (χ3v) is 2.85. The van der Waals surface area contributed by atoms with Crippen LogP contribution in [-0.4, -0.2) is 29.3 Å². The van der Waals surface area contributed by atoms with Gasteiger partial charge in [-0.1, -0.05) is 5.16 Å². The Labute approximate surface area is 106 Å². The first-order chi connectivity index (χ1) is 8.49. The van der Waals surface area contributed by atoms with E-state index < -0.39 is 0 Å². The van der Waals surface area contributed by atoms with Crippen LogP contribution in [0.3, 0.4) is 0 Å². The average molecular weight is 247 g/mol. The predicted octanol–water partition coefficient (Wildman–Crippen LogP) is 2.00. The molecular weight excluding hydrogens is 230 g/mol. The summed E-state index contributed by atoms with van der Waals surface area (Å²) < 4.78 is 4.88. The first-order valence-electron chi connectivity index (χ1n) is 5.67. The van der Waals surface area contributed by atoms with E-state index in [0.717, 1.165) is 16.7 Å². The Morgan fingerprint density at radius 2 is 2.11 bits per heavy atom. The highest BCUT2D eigenvalue weighted by molar-refractivity contribution is 5.68. The molecule has 0 aliphatic carbocycles. The van der Waals surface area contributed by atoms with Gasteiger partial charge in [0.05, 0.1) is 0 Å². The van der Waals surface area contributed by atoms with Crippen molar-refractivity contribution in [2.75, 3.05) is 19.8 Å². The van der Waals surface area contributed by atoms with E-state index in [0.29, 0.717) is 18.0 Å². The highest BCUT2D eigenvalue weighted by Crippen LogP contribution is 2.31. The maximum Gasteiger partial charge on any atom is 0.222 e. The molecule has 3 N–H and O–H groups in total. The van der Waals surface area contributed by atoms with E-state index in [4.69, 9.17) is 10.3 Å². The Balaban J connectivity index is 2.50. The molecule has 0 aliphatic heterocycles. The van der Waals surface area contributed by atoms with Gasteiger partial charge < -0.3 is 20.3 Å². The van der Waals surface area contributed by atoms with Crippen LogP contribution in [0.25, 0.3) is 11.3 Å². The van der Waals surface area contributed by atoms with E-state index in [1.54, 1.807) is 12.1 Å². The number of phenolic OH excluding ortho intramolecular Hbond substituents is 1. The number of hydrogen-bond acceptors (Lipinski definition) is 5. The van der Waals surface area contributed by atoms with Gasteiger partial charge in [0, 0.05) is 23.7 Å². The second-order valence-corrected chi connectivity index (χ2v) is 4.59. The van der Waals surface area contributed by atoms with Crippen LogP contribution < -0.4 is 5.73 Å². The number of phenols is 1. The molecule has 0 aliphatic rings. The Kier molecular flexibility index (Phi) is 3.25. The summed E-state index contributed by atoms with van der Waals surface area (Å²) in [4.78, 5) is 2.00. The lowest BCUT2D eigenvalue weighted by Crippen LogP contribution is -2.12. The molecule has 1 aromatic heterocycles. The predicted molar refractivity (Wildman–Crippen MR) is 70.1 cm³/mol. The number of nitrogen functional groups attached to an aromatic ring is 1. The van der Waals surface area contributed by atoms with Crippen molar-refractivity contribution in [3.63, 3.8) is 0 Å². The fourth-order valence-electron chi connectivity index (χ4n) is 1.95. The number of nitrogens with zero attached hydrogens (tertiary/aromatic N) is 2. The molecule has 0 bridgehead atoms. The molecule has 2 aromatic rings. The van der Waals surface area contributed by atoms with E-state index in [-0.39, 0.29) is 5.88 Å². The maximum absolute atomic E-state index is 9.92. The lowest BCUT2D eigenvalue weighted by Gasteiger charge is -2.15. The summed E-state index contributed by atoms with van der Waals surface area (Å²) in [6.07, 6.45) is 0. The lowest BCUT2D eigenvalue weighted by molar-refractivity contribution is 0.384. The summed E-state index contributed by atoms with van der Waals surface area (Å²) in [5, 5.41) is 13.8. The molecule has 1 heterocycles. The van der Waals surface area contributed by atoms with Gasteiger partial charge in [-0.25, -0.2) is 0 Å². The van der Waals surface area contributed by atoms with Crippen molar-refractivity contribution in [1.29, 1.82) is 0 Å². The van der Waals surface area contributed by atoms with Crippen molar-refractivity contribution in [1.82, 2.24) is 10.1 Å². The largest absolute Gasteiger partial charge is 0.508 e. The van der Waals surface area contributed by atoms with Gasteiger partial charge in [0.25, 0.3) is 0 Å². The van der Waals surface area contributed by atoms with Gasteiger partial charge in [0.15, 0.2) is 0 Å². The standard InChI is InChI=1S/C13H17N3O2/c1-8-9(11-6-13(14)18-15-11)4-5-12(17)10(8)7-16(2)3/h4-6,17H,7,14H2,1-3H3. The Morgan fingerprint density at radius 1 is 1.39 bits per heavy atom. The molecule has 0 amide bonds. The van der Waals surface area contributed by atoms with Gasteiger partial charge in [0.1, 0.15) is 11.4 Å². The molecule has 0 saturated heterocycles. The van der Waals surface area contributed by atoms with Gasteiger partial charge in [-0.2, -0.15) is 0 Å². The number of aromatic nitrogens is 1. The maximum atomic E-state index is 9.92. The van der Waals surface area contributed by atoms with Crippen LogP contribution in [0, 0.1) is 6.92 Å². The number of anilines is 1. The van der Waals surface area contributed by atoms with Crippen LogP contribution in [0.15, 0.2) is 22.7 Å². The molecule has 0 unspecified atom stereocenters.